The lowest BCUT2D eigenvalue weighted by Crippen LogP contribution is -2.31. The number of alkyl halides is 2. The molecule has 2 atom stereocenters. The number of benzene rings is 1. The number of hydrogen-bond donors (Lipinski definition) is 1. The Morgan fingerprint density at radius 2 is 2.00 bits per heavy atom. The quantitative estimate of drug-likeness (QED) is 0.902. The first-order chi connectivity index (χ1) is 9.61. The molecule has 0 aromatic heterocycles. The van der Waals surface area contributed by atoms with Crippen molar-refractivity contribution in [1.82, 2.24) is 0 Å². The summed E-state index contributed by atoms with van der Waals surface area (Å²) in [6, 6.07) is 5.62. The summed E-state index contributed by atoms with van der Waals surface area (Å²) in [6.45, 7) is -0.628. The van der Waals surface area contributed by atoms with Crippen LogP contribution in [0.5, 0.6) is 11.5 Å². The molecule has 0 heterocycles. The third kappa shape index (κ3) is 3.60. The van der Waals surface area contributed by atoms with Crippen molar-refractivity contribution >= 4 is 0 Å². The molecule has 3 nitrogen and oxygen atoms in total. The smallest absolute Gasteiger partial charge is 0.272 e. The van der Waals surface area contributed by atoms with Crippen LogP contribution >= 0.6 is 0 Å². The maximum atomic E-state index is 12.3. The summed E-state index contributed by atoms with van der Waals surface area (Å²) in [6.07, 6.45) is 1.84. The van der Waals surface area contributed by atoms with Crippen molar-refractivity contribution in [2.45, 2.75) is 44.1 Å². The van der Waals surface area contributed by atoms with Gasteiger partial charge in [-0.25, -0.2) is 8.78 Å². The van der Waals surface area contributed by atoms with E-state index in [4.69, 9.17) is 15.2 Å². The number of nitrogens with two attached hydrogens (primary N) is 1. The molecule has 1 saturated carbocycles. The lowest BCUT2D eigenvalue weighted by Gasteiger charge is -2.29. The molecule has 0 spiro atoms. The minimum absolute atomic E-state index is 0.125. The molecule has 2 unspecified atom stereocenters. The highest BCUT2D eigenvalue weighted by Crippen LogP contribution is 2.36. The molecule has 1 fully saturated rings. The maximum Gasteiger partial charge on any atom is 0.272 e. The Hall–Kier alpha value is -1.36. The second-order valence-corrected chi connectivity index (χ2v) is 5.17. The largest absolute Gasteiger partial charge is 0.493 e. The normalized spacial score (nSPS) is 22.9. The molecule has 0 aliphatic heterocycles. The topological polar surface area (TPSA) is 44.5 Å². The van der Waals surface area contributed by atoms with E-state index in [2.05, 4.69) is 0 Å². The second-order valence-electron chi connectivity index (χ2n) is 5.17. The van der Waals surface area contributed by atoms with Crippen LogP contribution in [-0.2, 0) is 0 Å². The first kappa shape index (κ1) is 15.0. The first-order valence-electron chi connectivity index (χ1n) is 6.96. The summed E-state index contributed by atoms with van der Waals surface area (Å²) in [5, 5.41) is 0. The third-order valence-corrected chi connectivity index (χ3v) is 3.80. The Bertz CT molecular complexity index is 440. The van der Waals surface area contributed by atoms with Crippen LogP contribution in [0.1, 0.15) is 37.2 Å². The van der Waals surface area contributed by atoms with Crippen molar-refractivity contribution in [1.29, 1.82) is 0 Å². The van der Waals surface area contributed by atoms with Crippen molar-refractivity contribution < 1.29 is 18.3 Å². The third-order valence-electron chi connectivity index (χ3n) is 3.80. The standard InChI is InChI=1S/C15H21F2NO2/c1-19-13-7-6-10(8-14(13)20-9-15(16)17)11-4-2-3-5-12(11)18/h6-8,11-12,15H,2-5,9,18H2,1H3. The number of hydrogen-bond acceptors (Lipinski definition) is 3. The number of rotatable bonds is 5. The fourth-order valence-electron chi connectivity index (χ4n) is 2.76. The Labute approximate surface area is 118 Å². The zero-order chi connectivity index (χ0) is 14.5. The summed E-state index contributed by atoms with van der Waals surface area (Å²) in [7, 11) is 1.50. The van der Waals surface area contributed by atoms with Crippen LogP contribution < -0.4 is 15.2 Å². The van der Waals surface area contributed by atoms with Gasteiger partial charge in [-0.05, 0) is 36.5 Å². The predicted molar refractivity (Wildman–Crippen MR) is 73.7 cm³/mol. The molecule has 0 bridgehead atoms. The molecule has 1 aliphatic carbocycles. The summed E-state index contributed by atoms with van der Waals surface area (Å²) in [5.41, 5.74) is 7.21. The van der Waals surface area contributed by atoms with Crippen LogP contribution in [0.15, 0.2) is 18.2 Å². The highest BCUT2D eigenvalue weighted by atomic mass is 19.3. The first-order valence-corrected chi connectivity index (χ1v) is 6.96. The molecule has 0 saturated heterocycles. The van der Waals surface area contributed by atoms with Gasteiger partial charge >= 0.3 is 0 Å². The minimum Gasteiger partial charge on any atom is -0.493 e. The molecule has 2 rings (SSSR count). The van der Waals surface area contributed by atoms with Crippen LogP contribution in [0, 0.1) is 0 Å². The molecule has 1 aliphatic rings. The number of halogens is 2. The summed E-state index contributed by atoms with van der Waals surface area (Å²) in [4.78, 5) is 0. The average molecular weight is 285 g/mol. The van der Waals surface area contributed by atoms with Gasteiger partial charge in [0.05, 0.1) is 7.11 Å². The highest BCUT2D eigenvalue weighted by molar-refractivity contribution is 5.44. The van der Waals surface area contributed by atoms with Gasteiger partial charge in [0.15, 0.2) is 11.5 Å². The molecule has 1 aromatic rings. The van der Waals surface area contributed by atoms with Gasteiger partial charge in [0.25, 0.3) is 6.43 Å². The van der Waals surface area contributed by atoms with Gasteiger partial charge in [-0.2, -0.15) is 0 Å². The molecular weight excluding hydrogens is 264 g/mol. The summed E-state index contributed by atoms with van der Waals surface area (Å²) >= 11 is 0. The zero-order valence-electron chi connectivity index (χ0n) is 11.6. The van der Waals surface area contributed by atoms with Gasteiger partial charge in [0.1, 0.15) is 6.61 Å². The SMILES string of the molecule is COc1ccc(C2CCCCC2N)cc1OCC(F)F. The van der Waals surface area contributed by atoms with E-state index in [0.717, 1.165) is 31.2 Å². The maximum absolute atomic E-state index is 12.3. The van der Waals surface area contributed by atoms with Gasteiger partial charge in [-0.15, -0.1) is 0 Å². The van der Waals surface area contributed by atoms with E-state index in [1.165, 1.54) is 7.11 Å². The lowest BCUT2D eigenvalue weighted by molar-refractivity contribution is 0.0803. The van der Waals surface area contributed by atoms with Crippen molar-refractivity contribution in [3.05, 3.63) is 23.8 Å². The van der Waals surface area contributed by atoms with E-state index in [9.17, 15) is 8.78 Å². The second kappa shape index (κ2) is 6.88. The fraction of sp³-hybridized carbons (Fsp3) is 0.600. The van der Waals surface area contributed by atoms with E-state index in [0.29, 0.717) is 11.5 Å². The lowest BCUT2D eigenvalue weighted by atomic mass is 9.80. The van der Waals surface area contributed by atoms with Crippen LogP contribution in [0.2, 0.25) is 0 Å². The van der Waals surface area contributed by atoms with Crippen molar-refractivity contribution in [2.24, 2.45) is 5.73 Å². The van der Waals surface area contributed by atoms with E-state index in [1.807, 2.05) is 6.07 Å². The van der Waals surface area contributed by atoms with Crippen molar-refractivity contribution in [3.8, 4) is 11.5 Å². The zero-order valence-corrected chi connectivity index (χ0v) is 11.6. The van der Waals surface area contributed by atoms with Gasteiger partial charge < -0.3 is 15.2 Å². The molecule has 112 valence electrons. The molecule has 0 amide bonds. The van der Waals surface area contributed by atoms with Crippen molar-refractivity contribution in [2.75, 3.05) is 13.7 Å². The number of methoxy groups -OCH3 is 1. The van der Waals surface area contributed by atoms with Gasteiger partial charge in [0.2, 0.25) is 0 Å². The predicted octanol–water partition coefficient (Wildman–Crippen LogP) is 3.32. The minimum atomic E-state index is -2.50. The monoisotopic (exact) mass is 285 g/mol. The van der Waals surface area contributed by atoms with Crippen LogP contribution in [0.25, 0.3) is 0 Å². The average Bonchev–Trinajstić information content (AvgIpc) is 2.45. The molecule has 0 radical (unpaired) electrons. The number of ether oxygens (including phenoxy) is 2. The fourth-order valence-corrected chi connectivity index (χ4v) is 2.76. The van der Waals surface area contributed by atoms with E-state index >= 15 is 0 Å². The Morgan fingerprint density at radius 3 is 2.65 bits per heavy atom. The van der Waals surface area contributed by atoms with Gasteiger partial charge in [0, 0.05) is 6.04 Å². The molecule has 5 heteroatoms. The summed E-state index contributed by atoms with van der Waals surface area (Å²) in [5.74, 6) is 1.10. The van der Waals surface area contributed by atoms with Crippen molar-refractivity contribution in [3.63, 3.8) is 0 Å². The van der Waals surface area contributed by atoms with Crippen LogP contribution in [-0.4, -0.2) is 26.2 Å². The Morgan fingerprint density at radius 1 is 1.25 bits per heavy atom. The summed E-state index contributed by atoms with van der Waals surface area (Å²) < 4.78 is 34.9. The Kier molecular flexibility index (Phi) is 5.17. The molecular formula is C15H21F2NO2. The molecule has 2 N–H and O–H groups in total. The molecule has 20 heavy (non-hydrogen) atoms. The van der Waals surface area contributed by atoms with Crippen LogP contribution in [0.3, 0.4) is 0 Å². The highest BCUT2D eigenvalue weighted by Gasteiger charge is 2.24. The van der Waals surface area contributed by atoms with Gasteiger partial charge in [-0.1, -0.05) is 18.9 Å². The van der Waals surface area contributed by atoms with Crippen LogP contribution in [0.4, 0.5) is 8.78 Å². The van der Waals surface area contributed by atoms with Gasteiger partial charge in [-0.3, -0.25) is 0 Å². The van der Waals surface area contributed by atoms with E-state index in [-0.39, 0.29) is 12.0 Å². The van der Waals surface area contributed by atoms with E-state index in [1.54, 1.807) is 12.1 Å². The Balaban J connectivity index is 2.19. The molecule has 1 aromatic carbocycles. The van der Waals surface area contributed by atoms with E-state index < -0.39 is 13.0 Å².